The molecular weight excluding hydrogens is 260 g/mol. The molecule has 2 rings (SSSR count). The van der Waals surface area contributed by atoms with Gasteiger partial charge in [0.25, 0.3) is 0 Å². The summed E-state index contributed by atoms with van der Waals surface area (Å²) in [5, 5.41) is 0. The van der Waals surface area contributed by atoms with E-state index in [1.165, 1.54) is 0 Å². The zero-order valence-corrected chi connectivity index (χ0v) is 12.2. The standard InChI is InChI=1S/C15H22N2O.ClH/c1-2-6-14(12-7-4-3-5-8-12)15(18)17-10-9-13(16)11-17;/h3-5,7-8,13-14H,2,6,9-11,16H2,1H3;1H/t13-,14?;/m1./s1. The van der Waals surface area contributed by atoms with E-state index >= 15 is 0 Å². The van der Waals surface area contributed by atoms with E-state index in [1.807, 2.05) is 35.2 Å². The molecule has 0 aromatic heterocycles. The highest BCUT2D eigenvalue weighted by molar-refractivity contribution is 5.85. The van der Waals surface area contributed by atoms with E-state index in [0.29, 0.717) is 6.54 Å². The quantitative estimate of drug-likeness (QED) is 0.922. The van der Waals surface area contributed by atoms with Gasteiger partial charge in [-0.2, -0.15) is 0 Å². The van der Waals surface area contributed by atoms with Crippen LogP contribution < -0.4 is 5.73 Å². The third-order valence-electron chi connectivity index (χ3n) is 3.61. The van der Waals surface area contributed by atoms with Gasteiger partial charge in [-0.25, -0.2) is 0 Å². The van der Waals surface area contributed by atoms with Crippen molar-refractivity contribution < 1.29 is 4.79 Å². The highest BCUT2D eigenvalue weighted by atomic mass is 35.5. The van der Waals surface area contributed by atoms with Gasteiger partial charge in [0.15, 0.2) is 0 Å². The van der Waals surface area contributed by atoms with Crippen LogP contribution in [0.2, 0.25) is 0 Å². The molecule has 1 aliphatic rings. The fourth-order valence-corrected chi connectivity index (χ4v) is 2.61. The average Bonchev–Trinajstić information content (AvgIpc) is 2.83. The number of carbonyl (C=O) groups excluding carboxylic acids is 1. The van der Waals surface area contributed by atoms with Crippen LogP contribution in [0.5, 0.6) is 0 Å². The van der Waals surface area contributed by atoms with Crippen molar-refractivity contribution >= 4 is 18.3 Å². The molecule has 0 radical (unpaired) electrons. The summed E-state index contributed by atoms with van der Waals surface area (Å²) in [4.78, 5) is 14.5. The molecule has 2 atom stereocenters. The molecule has 4 heteroatoms. The minimum absolute atomic E-state index is 0. The maximum atomic E-state index is 12.6. The smallest absolute Gasteiger partial charge is 0.230 e. The van der Waals surface area contributed by atoms with Crippen molar-refractivity contribution in [1.82, 2.24) is 4.90 Å². The number of likely N-dealkylation sites (tertiary alicyclic amines) is 1. The Kier molecular flexibility index (Phi) is 6.32. The van der Waals surface area contributed by atoms with Crippen molar-refractivity contribution in [2.75, 3.05) is 13.1 Å². The first-order valence-corrected chi connectivity index (χ1v) is 6.81. The summed E-state index contributed by atoms with van der Waals surface area (Å²) >= 11 is 0. The van der Waals surface area contributed by atoms with E-state index in [2.05, 4.69) is 6.92 Å². The number of benzene rings is 1. The van der Waals surface area contributed by atoms with Crippen LogP contribution in [0.15, 0.2) is 30.3 Å². The van der Waals surface area contributed by atoms with Crippen LogP contribution in [0.1, 0.15) is 37.7 Å². The van der Waals surface area contributed by atoms with Crippen LogP contribution in [0.3, 0.4) is 0 Å². The number of hydrogen-bond donors (Lipinski definition) is 1. The molecule has 1 fully saturated rings. The lowest BCUT2D eigenvalue weighted by molar-refractivity contribution is -0.132. The van der Waals surface area contributed by atoms with Gasteiger partial charge < -0.3 is 10.6 Å². The summed E-state index contributed by atoms with van der Waals surface area (Å²) in [7, 11) is 0. The first kappa shape index (κ1) is 16.0. The number of amides is 1. The van der Waals surface area contributed by atoms with Crippen LogP contribution in [0.25, 0.3) is 0 Å². The van der Waals surface area contributed by atoms with Gasteiger partial charge in [0, 0.05) is 19.1 Å². The Morgan fingerprint density at radius 2 is 2.11 bits per heavy atom. The first-order chi connectivity index (χ1) is 8.72. The maximum Gasteiger partial charge on any atom is 0.230 e. The number of carbonyl (C=O) groups is 1. The molecule has 1 saturated heterocycles. The summed E-state index contributed by atoms with van der Waals surface area (Å²) in [5.74, 6) is 0.248. The molecular formula is C15H23ClN2O. The lowest BCUT2D eigenvalue weighted by atomic mass is 9.93. The summed E-state index contributed by atoms with van der Waals surface area (Å²) in [6.07, 6.45) is 2.86. The Labute approximate surface area is 121 Å². The van der Waals surface area contributed by atoms with Crippen molar-refractivity contribution in [2.45, 2.75) is 38.1 Å². The van der Waals surface area contributed by atoms with Gasteiger partial charge in [0.2, 0.25) is 5.91 Å². The molecule has 1 heterocycles. The van der Waals surface area contributed by atoms with Gasteiger partial charge in [0.1, 0.15) is 0 Å². The summed E-state index contributed by atoms with van der Waals surface area (Å²) in [5.41, 5.74) is 7.01. The third kappa shape index (κ3) is 3.95. The molecule has 2 N–H and O–H groups in total. The predicted molar refractivity (Wildman–Crippen MR) is 80.5 cm³/mol. The van der Waals surface area contributed by atoms with Gasteiger partial charge in [-0.3, -0.25) is 4.79 Å². The topological polar surface area (TPSA) is 46.3 Å². The molecule has 1 aromatic rings. The van der Waals surface area contributed by atoms with E-state index in [4.69, 9.17) is 5.73 Å². The lowest BCUT2D eigenvalue weighted by Crippen LogP contribution is -2.35. The zero-order chi connectivity index (χ0) is 13.0. The molecule has 0 spiro atoms. The summed E-state index contributed by atoms with van der Waals surface area (Å²) in [6, 6.07) is 10.2. The number of nitrogens with zero attached hydrogens (tertiary/aromatic N) is 1. The van der Waals surface area contributed by atoms with Gasteiger partial charge in [-0.05, 0) is 18.4 Å². The molecule has 19 heavy (non-hydrogen) atoms. The SMILES string of the molecule is CCCC(C(=O)N1CC[C@@H](N)C1)c1ccccc1.Cl. The molecule has 1 amide bonds. The molecule has 0 saturated carbocycles. The van der Waals surface area contributed by atoms with Gasteiger partial charge in [0.05, 0.1) is 5.92 Å². The van der Waals surface area contributed by atoms with Crippen molar-refractivity contribution in [2.24, 2.45) is 5.73 Å². The molecule has 0 bridgehead atoms. The number of halogens is 1. The van der Waals surface area contributed by atoms with Gasteiger partial charge in [-0.15, -0.1) is 12.4 Å². The van der Waals surface area contributed by atoms with Crippen molar-refractivity contribution in [3.05, 3.63) is 35.9 Å². The highest BCUT2D eigenvalue weighted by Crippen LogP contribution is 2.25. The van der Waals surface area contributed by atoms with E-state index in [0.717, 1.165) is 31.4 Å². The van der Waals surface area contributed by atoms with Crippen LogP contribution >= 0.6 is 12.4 Å². The molecule has 0 aliphatic carbocycles. The number of hydrogen-bond acceptors (Lipinski definition) is 2. The first-order valence-electron chi connectivity index (χ1n) is 6.81. The monoisotopic (exact) mass is 282 g/mol. The second-order valence-corrected chi connectivity index (χ2v) is 5.08. The fraction of sp³-hybridized carbons (Fsp3) is 0.533. The molecule has 3 nitrogen and oxygen atoms in total. The fourth-order valence-electron chi connectivity index (χ4n) is 2.61. The molecule has 106 valence electrons. The van der Waals surface area contributed by atoms with Crippen LogP contribution in [-0.4, -0.2) is 29.9 Å². The average molecular weight is 283 g/mol. The highest BCUT2D eigenvalue weighted by Gasteiger charge is 2.29. The summed E-state index contributed by atoms with van der Waals surface area (Å²) in [6.45, 7) is 3.65. The Hall–Kier alpha value is -1.06. The normalized spacial score (nSPS) is 19.9. The summed E-state index contributed by atoms with van der Waals surface area (Å²) < 4.78 is 0. The minimum atomic E-state index is 0. The molecule has 1 aliphatic heterocycles. The third-order valence-corrected chi connectivity index (χ3v) is 3.61. The van der Waals surface area contributed by atoms with Crippen LogP contribution in [0.4, 0.5) is 0 Å². The van der Waals surface area contributed by atoms with Crippen molar-refractivity contribution in [3.8, 4) is 0 Å². The Morgan fingerprint density at radius 1 is 1.42 bits per heavy atom. The van der Waals surface area contributed by atoms with E-state index < -0.39 is 0 Å². The Bertz CT molecular complexity index is 396. The predicted octanol–water partition coefficient (Wildman–Crippen LogP) is 2.55. The molecule has 1 unspecified atom stereocenters. The van der Waals surface area contributed by atoms with E-state index in [1.54, 1.807) is 0 Å². The van der Waals surface area contributed by atoms with Crippen LogP contribution in [0, 0.1) is 0 Å². The van der Waals surface area contributed by atoms with Gasteiger partial charge in [-0.1, -0.05) is 43.7 Å². The number of nitrogens with two attached hydrogens (primary N) is 1. The Morgan fingerprint density at radius 3 is 2.63 bits per heavy atom. The lowest BCUT2D eigenvalue weighted by Gasteiger charge is -2.23. The number of rotatable bonds is 4. The second kappa shape index (κ2) is 7.51. The Balaban J connectivity index is 0.00000180. The van der Waals surface area contributed by atoms with Crippen molar-refractivity contribution in [3.63, 3.8) is 0 Å². The van der Waals surface area contributed by atoms with E-state index in [-0.39, 0.29) is 30.3 Å². The maximum absolute atomic E-state index is 12.6. The minimum Gasteiger partial charge on any atom is -0.341 e. The van der Waals surface area contributed by atoms with Crippen molar-refractivity contribution in [1.29, 1.82) is 0 Å². The molecule has 1 aromatic carbocycles. The van der Waals surface area contributed by atoms with Crippen LogP contribution in [-0.2, 0) is 4.79 Å². The largest absolute Gasteiger partial charge is 0.341 e. The van der Waals surface area contributed by atoms with Gasteiger partial charge >= 0.3 is 0 Å². The zero-order valence-electron chi connectivity index (χ0n) is 11.4. The second-order valence-electron chi connectivity index (χ2n) is 5.08. The van der Waals surface area contributed by atoms with E-state index in [9.17, 15) is 4.79 Å².